The predicted octanol–water partition coefficient (Wildman–Crippen LogP) is -0.645. The molecule has 0 spiro atoms. The van der Waals surface area contributed by atoms with E-state index >= 15 is 0 Å². The fourth-order valence-electron chi connectivity index (χ4n) is 2.85. The molecule has 0 radical (unpaired) electrons. The molecule has 172 valence electrons. The van der Waals surface area contributed by atoms with Crippen molar-refractivity contribution in [2.24, 2.45) is 11.1 Å². The summed E-state index contributed by atoms with van der Waals surface area (Å²) in [6.45, 7) is 6.83. The summed E-state index contributed by atoms with van der Waals surface area (Å²) in [5.74, 6) is -2.22. The molecule has 1 rings (SSSR count). The summed E-state index contributed by atoms with van der Waals surface area (Å²) in [4.78, 5) is 72.0. The average Bonchev–Trinajstić information content (AvgIpc) is 2.98. The van der Waals surface area contributed by atoms with Crippen LogP contribution in [0.5, 0.6) is 0 Å². The Labute approximate surface area is 181 Å². The van der Waals surface area contributed by atoms with Crippen molar-refractivity contribution in [3.05, 3.63) is 12.2 Å². The van der Waals surface area contributed by atoms with Gasteiger partial charge in [0.05, 0.1) is 6.04 Å². The van der Waals surface area contributed by atoms with Gasteiger partial charge in [-0.3, -0.25) is 28.9 Å². The van der Waals surface area contributed by atoms with Gasteiger partial charge in [0.1, 0.15) is 6.04 Å². The molecule has 0 aliphatic carbocycles. The van der Waals surface area contributed by atoms with Crippen LogP contribution in [0.4, 0.5) is 4.79 Å². The second-order valence-electron chi connectivity index (χ2n) is 8.31. The molecule has 1 aliphatic heterocycles. The van der Waals surface area contributed by atoms with Crippen LogP contribution in [0.2, 0.25) is 0 Å². The van der Waals surface area contributed by atoms with Crippen LogP contribution < -0.4 is 21.7 Å². The number of urea groups is 1. The largest absolute Gasteiger partial charge is 0.352 e. The van der Waals surface area contributed by atoms with Crippen molar-refractivity contribution in [3.63, 3.8) is 0 Å². The van der Waals surface area contributed by atoms with E-state index in [4.69, 9.17) is 5.73 Å². The second-order valence-corrected chi connectivity index (χ2v) is 8.31. The van der Waals surface area contributed by atoms with Gasteiger partial charge >= 0.3 is 6.03 Å². The van der Waals surface area contributed by atoms with Crippen LogP contribution in [-0.2, 0) is 24.0 Å². The monoisotopic (exact) mass is 437 g/mol. The minimum Gasteiger partial charge on any atom is -0.352 e. The van der Waals surface area contributed by atoms with Gasteiger partial charge in [0.25, 0.3) is 11.8 Å². The Kier molecular flexibility index (Phi) is 9.35. The van der Waals surface area contributed by atoms with E-state index in [9.17, 15) is 28.8 Å². The quantitative estimate of drug-likeness (QED) is 0.247. The maximum Gasteiger partial charge on any atom is 0.312 e. The molecule has 0 aromatic rings. The molecule has 0 aromatic heterocycles. The molecule has 2 atom stereocenters. The van der Waals surface area contributed by atoms with E-state index in [-0.39, 0.29) is 31.7 Å². The molecule has 0 saturated carbocycles. The summed E-state index contributed by atoms with van der Waals surface area (Å²) in [5, 5.41) is 7.57. The number of carbonyl (C=O) groups excluding carboxylic acids is 6. The number of primary amides is 1. The number of hydrogen-bond donors (Lipinski definition) is 4. The predicted molar refractivity (Wildman–Crippen MR) is 111 cm³/mol. The minimum absolute atomic E-state index is 0.0944. The zero-order valence-corrected chi connectivity index (χ0v) is 18.3. The molecule has 0 aromatic carbocycles. The highest BCUT2D eigenvalue weighted by Gasteiger charge is 2.31. The Morgan fingerprint density at radius 2 is 1.65 bits per heavy atom. The van der Waals surface area contributed by atoms with Gasteiger partial charge in [-0.1, -0.05) is 20.8 Å². The molecule has 1 heterocycles. The summed E-state index contributed by atoms with van der Waals surface area (Å²) < 4.78 is 0. The number of Topliss-reactive ketones (excluding diaryl/α,β-unsaturated/α-hetero) is 1. The first-order chi connectivity index (χ1) is 14.3. The third-order valence-corrected chi connectivity index (χ3v) is 4.57. The van der Waals surface area contributed by atoms with E-state index in [0.717, 1.165) is 17.1 Å². The van der Waals surface area contributed by atoms with Gasteiger partial charge < -0.3 is 21.7 Å². The van der Waals surface area contributed by atoms with Gasteiger partial charge in [-0.25, -0.2) is 4.79 Å². The van der Waals surface area contributed by atoms with Crippen LogP contribution >= 0.6 is 0 Å². The van der Waals surface area contributed by atoms with Crippen LogP contribution in [-0.4, -0.2) is 65.5 Å². The molecule has 31 heavy (non-hydrogen) atoms. The van der Waals surface area contributed by atoms with E-state index in [2.05, 4.69) is 16.0 Å². The van der Waals surface area contributed by atoms with Gasteiger partial charge in [0.2, 0.25) is 11.8 Å². The Balaban J connectivity index is 2.59. The zero-order chi connectivity index (χ0) is 23.8. The van der Waals surface area contributed by atoms with Gasteiger partial charge in [0, 0.05) is 37.1 Å². The molecule has 6 amide bonds. The molecule has 0 saturated heterocycles. The molecule has 0 bridgehead atoms. The van der Waals surface area contributed by atoms with Crippen LogP contribution in [0.1, 0.15) is 47.0 Å². The number of rotatable bonds is 11. The van der Waals surface area contributed by atoms with Gasteiger partial charge in [-0.05, 0) is 19.8 Å². The Bertz CT molecular complexity index is 753. The van der Waals surface area contributed by atoms with Crippen molar-refractivity contribution in [3.8, 4) is 0 Å². The molecule has 0 unspecified atom stereocenters. The van der Waals surface area contributed by atoms with Crippen LogP contribution in [0, 0.1) is 5.41 Å². The van der Waals surface area contributed by atoms with E-state index in [0.29, 0.717) is 6.42 Å². The number of ketones is 1. The smallest absolute Gasteiger partial charge is 0.312 e. The molecule has 11 nitrogen and oxygen atoms in total. The number of hydrogen-bond acceptors (Lipinski definition) is 6. The van der Waals surface area contributed by atoms with E-state index in [1.54, 1.807) is 20.8 Å². The Morgan fingerprint density at radius 1 is 1.06 bits per heavy atom. The normalized spacial score (nSPS) is 15.4. The van der Waals surface area contributed by atoms with Crippen molar-refractivity contribution in [2.75, 3.05) is 13.1 Å². The molecule has 5 N–H and O–H groups in total. The number of nitrogens with two attached hydrogens (primary N) is 1. The van der Waals surface area contributed by atoms with Crippen molar-refractivity contribution in [2.45, 2.75) is 59.0 Å². The Morgan fingerprint density at radius 3 is 2.16 bits per heavy atom. The van der Waals surface area contributed by atoms with Crippen molar-refractivity contribution < 1.29 is 28.8 Å². The van der Waals surface area contributed by atoms with Crippen LogP contribution in [0.15, 0.2) is 12.2 Å². The maximum atomic E-state index is 12.7. The highest BCUT2D eigenvalue weighted by molar-refractivity contribution is 6.13. The maximum absolute atomic E-state index is 12.7. The van der Waals surface area contributed by atoms with Gasteiger partial charge in [-0.15, -0.1) is 0 Å². The topological polar surface area (TPSA) is 168 Å². The third-order valence-electron chi connectivity index (χ3n) is 4.57. The fraction of sp³-hybridized carbons (Fsp3) is 0.600. The summed E-state index contributed by atoms with van der Waals surface area (Å²) in [6.07, 6.45) is 2.81. The van der Waals surface area contributed by atoms with Crippen LogP contribution in [0.3, 0.4) is 0 Å². The van der Waals surface area contributed by atoms with Gasteiger partial charge in [0.15, 0.2) is 5.78 Å². The second kappa shape index (κ2) is 11.2. The number of nitrogens with zero attached hydrogens (tertiary/aromatic N) is 1. The minimum atomic E-state index is -0.936. The summed E-state index contributed by atoms with van der Waals surface area (Å²) in [6, 6.07) is -2.41. The number of amides is 6. The highest BCUT2D eigenvalue weighted by Crippen LogP contribution is 2.19. The lowest BCUT2D eigenvalue weighted by molar-refractivity contribution is -0.137. The third kappa shape index (κ3) is 8.57. The van der Waals surface area contributed by atoms with E-state index in [1.807, 2.05) is 0 Å². The summed E-state index contributed by atoms with van der Waals surface area (Å²) >= 11 is 0. The van der Waals surface area contributed by atoms with E-state index in [1.165, 1.54) is 6.92 Å². The molecule has 1 aliphatic rings. The average molecular weight is 437 g/mol. The molecule has 0 fully saturated rings. The fourth-order valence-corrected chi connectivity index (χ4v) is 2.85. The molecule has 11 heteroatoms. The highest BCUT2D eigenvalue weighted by atomic mass is 16.2. The van der Waals surface area contributed by atoms with Crippen LogP contribution in [0.25, 0.3) is 0 Å². The first-order valence-corrected chi connectivity index (χ1v) is 10.0. The lowest BCUT2D eigenvalue weighted by atomic mass is 9.84. The lowest BCUT2D eigenvalue weighted by Gasteiger charge is -2.27. The zero-order valence-electron chi connectivity index (χ0n) is 18.3. The van der Waals surface area contributed by atoms with Crippen molar-refractivity contribution in [1.29, 1.82) is 0 Å². The number of imide groups is 1. The number of carbonyl (C=O) groups is 6. The van der Waals surface area contributed by atoms with Crippen molar-refractivity contribution >= 4 is 35.4 Å². The molecular formula is C20H31N5O6. The Hall–Kier alpha value is -3.24. The summed E-state index contributed by atoms with van der Waals surface area (Å²) in [7, 11) is 0. The summed E-state index contributed by atoms with van der Waals surface area (Å²) in [5.41, 5.74) is 4.31. The lowest BCUT2D eigenvalue weighted by Crippen LogP contribution is -2.52. The molecular weight excluding hydrogens is 406 g/mol. The van der Waals surface area contributed by atoms with E-state index < -0.39 is 47.2 Å². The standard InChI is InChI=1S/C20H31N5O6/c1-12(23-14(26)9-11-25-15(27)7-8-16(25)28)18(30)24-13(17(29)20(2,3)4)6-5-10-22-19(21)31/h7-8,12-13H,5-6,9-11H2,1-4H3,(H,23,26)(H,24,30)(H3,21,22,31)/t12-,13-/m0/s1. The van der Waals surface area contributed by atoms with Gasteiger partial charge in [-0.2, -0.15) is 0 Å². The first-order valence-electron chi connectivity index (χ1n) is 10.0. The SMILES string of the molecule is C[C@H](NC(=O)CCN1C(=O)C=CC1=O)C(=O)N[C@@H](CCCNC(N)=O)C(=O)C(C)(C)C. The van der Waals surface area contributed by atoms with Crippen molar-refractivity contribution in [1.82, 2.24) is 20.9 Å². The first kappa shape index (κ1) is 25.8. The number of nitrogens with one attached hydrogen (secondary N) is 3.